The van der Waals surface area contributed by atoms with Gasteiger partial charge >= 0.3 is 5.97 Å². The molecule has 0 spiro atoms. The van der Waals surface area contributed by atoms with Crippen molar-refractivity contribution in [3.05, 3.63) is 58.1 Å². The average Bonchev–Trinajstić information content (AvgIpc) is 2.72. The highest BCUT2D eigenvalue weighted by Gasteiger charge is 2.39. The molecule has 0 amide bonds. The maximum Gasteiger partial charge on any atom is 0.341 e. The molecule has 1 fully saturated rings. The fraction of sp³-hybridized carbons (Fsp3) is 0.458. The summed E-state index contributed by atoms with van der Waals surface area (Å²) in [5.74, 6) is 0.377. The smallest absolute Gasteiger partial charge is 0.341 e. The Morgan fingerprint density at radius 1 is 1.20 bits per heavy atom. The number of aryl methyl sites for hydroxylation is 2. The summed E-state index contributed by atoms with van der Waals surface area (Å²) in [5, 5.41) is 8.93. The van der Waals surface area contributed by atoms with Gasteiger partial charge in [-0.1, -0.05) is 23.8 Å². The van der Waals surface area contributed by atoms with Crippen molar-refractivity contribution in [3.8, 4) is 11.5 Å². The van der Waals surface area contributed by atoms with Crippen molar-refractivity contribution in [1.29, 1.82) is 0 Å². The Labute approximate surface area is 177 Å². The summed E-state index contributed by atoms with van der Waals surface area (Å²) in [6, 6.07) is 10.9. The predicted molar refractivity (Wildman–Crippen MR) is 115 cm³/mol. The van der Waals surface area contributed by atoms with E-state index in [4.69, 9.17) is 20.3 Å². The highest BCUT2D eigenvalue weighted by molar-refractivity contribution is 5.68. The quantitative estimate of drug-likeness (QED) is 0.788. The Kier molecular flexibility index (Phi) is 5.71. The first-order valence-corrected chi connectivity index (χ1v) is 10.5. The Balaban J connectivity index is 1.62. The first-order valence-electron chi connectivity index (χ1n) is 10.5. The molecular formula is C24H30N2O4. The van der Waals surface area contributed by atoms with E-state index in [1.807, 2.05) is 12.1 Å². The van der Waals surface area contributed by atoms with Crippen molar-refractivity contribution in [3.63, 3.8) is 0 Å². The van der Waals surface area contributed by atoms with E-state index in [1.165, 1.54) is 27.8 Å². The van der Waals surface area contributed by atoms with E-state index >= 15 is 0 Å². The molecule has 0 aliphatic carbocycles. The van der Waals surface area contributed by atoms with E-state index in [-0.39, 0.29) is 18.7 Å². The molecule has 1 saturated heterocycles. The lowest BCUT2D eigenvalue weighted by atomic mass is 9.77. The van der Waals surface area contributed by atoms with Gasteiger partial charge in [0.15, 0.2) is 18.1 Å². The first-order chi connectivity index (χ1) is 14.4. The van der Waals surface area contributed by atoms with Gasteiger partial charge in [0, 0.05) is 31.1 Å². The van der Waals surface area contributed by atoms with Crippen LogP contribution in [0.2, 0.25) is 0 Å². The van der Waals surface area contributed by atoms with Crippen LogP contribution in [-0.2, 0) is 11.2 Å². The second-order valence-electron chi connectivity index (χ2n) is 8.51. The third kappa shape index (κ3) is 3.89. The minimum absolute atomic E-state index is 0.0756. The van der Waals surface area contributed by atoms with Gasteiger partial charge in [0.2, 0.25) is 0 Å². The molecule has 3 N–H and O–H groups in total. The van der Waals surface area contributed by atoms with Crippen molar-refractivity contribution in [2.45, 2.75) is 44.7 Å². The maximum atomic E-state index is 10.9. The molecule has 6 nitrogen and oxygen atoms in total. The Morgan fingerprint density at radius 2 is 2.00 bits per heavy atom. The minimum atomic E-state index is -1.00. The monoisotopic (exact) mass is 410 g/mol. The number of aliphatic carboxylic acids is 1. The van der Waals surface area contributed by atoms with Gasteiger partial charge in [0.05, 0.1) is 7.11 Å². The molecule has 3 unspecified atom stereocenters. The largest absolute Gasteiger partial charge is 0.493 e. The minimum Gasteiger partial charge on any atom is -0.493 e. The summed E-state index contributed by atoms with van der Waals surface area (Å²) in [6.07, 6.45) is 1.78. The van der Waals surface area contributed by atoms with Crippen LogP contribution in [0.25, 0.3) is 0 Å². The standard InChI is InChI=1S/C24H30N2O4/c1-14-4-5-15(2)17(8-14)19-12-26-7-6-16-9-23(30-13-24(27)28)22(29-3)10-18(16)21(26)11-20(19)25/h4-5,8-10,19-21H,6-7,11-13,25H2,1-3H3,(H,27,28). The van der Waals surface area contributed by atoms with E-state index in [1.54, 1.807) is 7.11 Å². The zero-order valence-corrected chi connectivity index (χ0v) is 17.9. The second kappa shape index (κ2) is 8.28. The Bertz CT molecular complexity index is 958. The van der Waals surface area contributed by atoms with E-state index < -0.39 is 5.97 Å². The van der Waals surface area contributed by atoms with Gasteiger partial charge in [-0.25, -0.2) is 4.79 Å². The van der Waals surface area contributed by atoms with Crippen molar-refractivity contribution in [2.24, 2.45) is 5.73 Å². The average molecular weight is 411 g/mol. The van der Waals surface area contributed by atoms with Crippen LogP contribution in [0.4, 0.5) is 0 Å². The Hall–Kier alpha value is -2.57. The highest BCUT2D eigenvalue weighted by Crippen LogP contribution is 2.44. The lowest BCUT2D eigenvalue weighted by molar-refractivity contribution is -0.139. The number of ether oxygens (including phenoxy) is 2. The van der Waals surface area contributed by atoms with Crippen LogP contribution in [0.3, 0.4) is 0 Å². The summed E-state index contributed by atoms with van der Waals surface area (Å²) in [5.41, 5.74) is 13.1. The van der Waals surface area contributed by atoms with E-state index in [9.17, 15) is 4.79 Å². The van der Waals surface area contributed by atoms with E-state index in [2.05, 4.69) is 36.9 Å². The number of nitrogens with zero attached hydrogens (tertiary/aromatic N) is 1. The van der Waals surface area contributed by atoms with E-state index in [0.29, 0.717) is 17.4 Å². The van der Waals surface area contributed by atoms with Crippen LogP contribution in [0.15, 0.2) is 30.3 Å². The second-order valence-corrected chi connectivity index (χ2v) is 8.51. The van der Waals surface area contributed by atoms with Crippen molar-refractivity contribution >= 4 is 5.97 Å². The van der Waals surface area contributed by atoms with Gasteiger partial charge < -0.3 is 20.3 Å². The number of hydrogen-bond acceptors (Lipinski definition) is 5. The third-order valence-electron chi connectivity index (χ3n) is 6.52. The van der Waals surface area contributed by atoms with Gasteiger partial charge in [0.1, 0.15) is 0 Å². The summed E-state index contributed by atoms with van der Waals surface area (Å²) in [6.45, 7) is 5.81. The van der Waals surface area contributed by atoms with Gasteiger partial charge in [-0.3, -0.25) is 4.90 Å². The molecule has 3 atom stereocenters. The number of carbonyl (C=O) groups is 1. The van der Waals surface area contributed by atoms with Crippen LogP contribution < -0.4 is 15.2 Å². The molecule has 6 heteroatoms. The molecule has 160 valence electrons. The highest BCUT2D eigenvalue weighted by atomic mass is 16.5. The predicted octanol–water partition coefficient (Wildman–Crippen LogP) is 3.19. The molecule has 0 radical (unpaired) electrons. The Morgan fingerprint density at radius 3 is 2.73 bits per heavy atom. The van der Waals surface area contributed by atoms with Crippen LogP contribution in [0, 0.1) is 13.8 Å². The molecule has 4 rings (SSSR count). The normalized spacial score (nSPS) is 23.4. The number of fused-ring (bicyclic) bond motifs is 3. The van der Waals surface area contributed by atoms with Crippen LogP contribution in [0.5, 0.6) is 11.5 Å². The van der Waals surface area contributed by atoms with Gasteiger partial charge in [-0.15, -0.1) is 0 Å². The van der Waals surface area contributed by atoms with Gasteiger partial charge in [-0.05, 0) is 61.1 Å². The summed E-state index contributed by atoms with van der Waals surface area (Å²) in [7, 11) is 1.58. The molecule has 2 aliphatic rings. The number of benzene rings is 2. The number of hydrogen-bond donors (Lipinski definition) is 2. The third-order valence-corrected chi connectivity index (χ3v) is 6.52. The summed E-state index contributed by atoms with van der Waals surface area (Å²) in [4.78, 5) is 13.4. The van der Waals surface area contributed by atoms with Gasteiger partial charge in [-0.2, -0.15) is 0 Å². The molecule has 2 heterocycles. The number of piperidine rings is 1. The lowest BCUT2D eigenvalue weighted by Crippen LogP contribution is -2.49. The van der Waals surface area contributed by atoms with Crippen LogP contribution in [0.1, 0.15) is 46.2 Å². The fourth-order valence-electron chi connectivity index (χ4n) is 4.97. The van der Waals surface area contributed by atoms with Crippen molar-refractivity contribution < 1.29 is 19.4 Å². The number of methoxy groups -OCH3 is 1. The lowest BCUT2D eigenvalue weighted by Gasteiger charge is -2.46. The SMILES string of the molecule is COc1cc2c(cc1OCC(=O)O)CCN1CC(c3cc(C)ccc3C)C(N)CC21. The molecule has 2 aromatic rings. The zero-order valence-electron chi connectivity index (χ0n) is 17.9. The number of carboxylic acids is 1. The van der Waals surface area contributed by atoms with Crippen molar-refractivity contribution in [1.82, 2.24) is 4.90 Å². The topological polar surface area (TPSA) is 85.0 Å². The van der Waals surface area contributed by atoms with E-state index in [0.717, 1.165) is 25.9 Å². The first kappa shape index (κ1) is 20.7. The molecule has 30 heavy (non-hydrogen) atoms. The molecule has 0 saturated carbocycles. The summed E-state index contributed by atoms with van der Waals surface area (Å²) < 4.78 is 11.0. The van der Waals surface area contributed by atoms with Crippen LogP contribution in [-0.4, -0.2) is 48.8 Å². The molecule has 2 aliphatic heterocycles. The number of nitrogens with two attached hydrogens (primary N) is 1. The molecule has 0 bridgehead atoms. The zero-order chi connectivity index (χ0) is 21.4. The maximum absolute atomic E-state index is 10.9. The van der Waals surface area contributed by atoms with Gasteiger partial charge in [0.25, 0.3) is 0 Å². The molecular weight excluding hydrogens is 380 g/mol. The number of rotatable bonds is 5. The van der Waals surface area contributed by atoms with Crippen molar-refractivity contribution in [2.75, 3.05) is 26.8 Å². The molecule has 0 aromatic heterocycles. The summed E-state index contributed by atoms with van der Waals surface area (Å²) >= 11 is 0. The van der Waals surface area contributed by atoms with Crippen LogP contribution >= 0.6 is 0 Å². The number of carboxylic acid groups (broad SMARTS) is 1. The molecule has 2 aromatic carbocycles. The fourth-order valence-corrected chi connectivity index (χ4v) is 4.97.